The summed E-state index contributed by atoms with van der Waals surface area (Å²) in [6.07, 6.45) is 4.34. The highest BCUT2D eigenvalue weighted by atomic mass is 79.9. The fourth-order valence-corrected chi connectivity index (χ4v) is 3.05. The highest BCUT2D eigenvalue weighted by Crippen LogP contribution is 2.36. The lowest BCUT2D eigenvalue weighted by molar-refractivity contribution is -0.137. The van der Waals surface area contributed by atoms with Crippen molar-refractivity contribution in [2.75, 3.05) is 0 Å². The van der Waals surface area contributed by atoms with E-state index in [4.69, 9.17) is 9.84 Å². The molecule has 0 spiro atoms. The van der Waals surface area contributed by atoms with Gasteiger partial charge >= 0.3 is 5.97 Å². The summed E-state index contributed by atoms with van der Waals surface area (Å²) < 4.78 is 5.56. The van der Waals surface area contributed by atoms with Crippen LogP contribution in [-0.4, -0.2) is 27.8 Å². The molecule has 1 aliphatic heterocycles. The maximum Gasteiger partial charge on any atom is 0.303 e. The maximum absolute atomic E-state index is 12.1. The summed E-state index contributed by atoms with van der Waals surface area (Å²) in [6.45, 7) is 0. The second-order valence-corrected chi connectivity index (χ2v) is 5.89. The number of halogens is 1. The minimum atomic E-state index is -0.884. The fraction of sp³-hybridized carbons (Fsp3) is 0.667. The van der Waals surface area contributed by atoms with Crippen LogP contribution >= 0.6 is 15.9 Å². The number of hydrogen-bond acceptors (Lipinski definition) is 3. The van der Waals surface area contributed by atoms with Crippen molar-refractivity contribution in [2.24, 2.45) is 5.92 Å². The van der Waals surface area contributed by atoms with Gasteiger partial charge < -0.3 is 9.84 Å². The zero-order valence-corrected chi connectivity index (χ0v) is 11.0. The van der Waals surface area contributed by atoms with Gasteiger partial charge in [0.1, 0.15) is 6.10 Å². The molecular formula is C12H15BrO4. The average Bonchev–Trinajstić information content (AvgIpc) is 2.27. The Morgan fingerprint density at radius 3 is 3.00 bits per heavy atom. The quantitative estimate of drug-likeness (QED) is 0.812. The zero-order chi connectivity index (χ0) is 12.4. The van der Waals surface area contributed by atoms with Gasteiger partial charge in [0.05, 0.1) is 12.2 Å². The van der Waals surface area contributed by atoms with Crippen molar-refractivity contribution in [1.29, 1.82) is 0 Å². The van der Waals surface area contributed by atoms with E-state index in [1.165, 1.54) is 6.26 Å². The molecule has 2 aliphatic rings. The van der Waals surface area contributed by atoms with Gasteiger partial charge in [0.2, 0.25) is 0 Å². The molecule has 4 nitrogen and oxygen atoms in total. The second-order valence-electron chi connectivity index (χ2n) is 4.59. The molecule has 2 rings (SSSR count). The Morgan fingerprint density at radius 1 is 1.53 bits per heavy atom. The van der Waals surface area contributed by atoms with Crippen LogP contribution < -0.4 is 0 Å². The van der Waals surface area contributed by atoms with E-state index in [2.05, 4.69) is 15.9 Å². The Kier molecular flexibility index (Phi) is 3.86. The molecule has 1 N–H and O–H groups in total. The summed E-state index contributed by atoms with van der Waals surface area (Å²) in [5.41, 5.74) is 0.529. The number of aliphatic carboxylic acids is 1. The topological polar surface area (TPSA) is 63.6 Å². The monoisotopic (exact) mass is 302 g/mol. The summed E-state index contributed by atoms with van der Waals surface area (Å²) in [5, 5.41) is 8.61. The van der Waals surface area contributed by atoms with Crippen LogP contribution in [0.4, 0.5) is 0 Å². The molecule has 0 bridgehead atoms. The van der Waals surface area contributed by atoms with Crippen molar-refractivity contribution in [2.45, 2.75) is 43.0 Å². The van der Waals surface area contributed by atoms with E-state index in [1.807, 2.05) is 0 Å². The van der Waals surface area contributed by atoms with Gasteiger partial charge in [-0.15, -0.1) is 0 Å². The number of alkyl halides is 1. The summed E-state index contributed by atoms with van der Waals surface area (Å²) >= 11 is 3.55. The molecule has 0 amide bonds. The summed E-state index contributed by atoms with van der Waals surface area (Å²) in [7, 11) is 0. The van der Waals surface area contributed by atoms with Crippen LogP contribution in [0.25, 0.3) is 0 Å². The first-order chi connectivity index (χ1) is 8.08. The van der Waals surface area contributed by atoms with Crippen molar-refractivity contribution in [3.63, 3.8) is 0 Å². The lowest BCUT2D eigenvalue weighted by atomic mass is 9.79. The van der Waals surface area contributed by atoms with Crippen LogP contribution in [0.3, 0.4) is 0 Å². The van der Waals surface area contributed by atoms with E-state index in [9.17, 15) is 9.59 Å². The van der Waals surface area contributed by atoms with E-state index in [-0.39, 0.29) is 30.6 Å². The van der Waals surface area contributed by atoms with Crippen molar-refractivity contribution in [3.05, 3.63) is 11.8 Å². The van der Waals surface area contributed by atoms with Crippen LogP contribution in [-0.2, 0) is 14.3 Å². The van der Waals surface area contributed by atoms with E-state index >= 15 is 0 Å². The zero-order valence-electron chi connectivity index (χ0n) is 9.39. The summed E-state index contributed by atoms with van der Waals surface area (Å²) in [4.78, 5) is 23.0. The van der Waals surface area contributed by atoms with Crippen LogP contribution in [0.5, 0.6) is 0 Å². The van der Waals surface area contributed by atoms with Gasteiger partial charge in [0, 0.05) is 16.8 Å². The third-order valence-electron chi connectivity index (χ3n) is 3.37. The number of allylic oxidation sites excluding steroid dienone is 1. The first kappa shape index (κ1) is 12.6. The van der Waals surface area contributed by atoms with E-state index < -0.39 is 5.97 Å². The van der Waals surface area contributed by atoms with Crippen LogP contribution in [0.1, 0.15) is 32.1 Å². The van der Waals surface area contributed by atoms with Gasteiger partial charge in [-0.25, -0.2) is 0 Å². The number of carboxylic acids is 1. The SMILES string of the molecule is O=C(O)CCC1=COC2CC(Br)CCC2C1=O. The van der Waals surface area contributed by atoms with Gasteiger partial charge in [-0.1, -0.05) is 15.9 Å². The van der Waals surface area contributed by atoms with Crippen molar-refractivity contribution >= 4 is 27.7 Å². The Bertz CT molecular complexity index is 364. The summed E-state index contributed by atoms with van der Waals surface area (Å²) in [6, 6.07) is 0. The van der Waals surface area contributed by atoms with Gasteiger partial charge in [0.25, 0.3) is 0 Å². The van der Waals surface area contributed by atoms with Crippen molar-refractivity contribution < 1.29 is 19.4 Å². The Labute approximate surface area is 108 Å². The smallest absolute Gasteiger partial charge is 0.303 e. The number of ketones is 1. The van der Waals surface area contributed by atoms with Crippen molar-refractivity contribution in [1.82, 2.24) is 0 Å². The number of rotatable bonds is 3. The minimum absolute atomic E-state index is 0.0145. The molecule has 3 atom stereocenters. The lowest BCUT2D eigenvalue weighted by Gasteiger charge is -2.35. The molecule has 0 aromatic rings. The molecule has 1 heterocycles. The van der Waals surface area contributed by atoms with Gasteiger partial charge in [-0.05, 0) is 25.7 Å². The highest BCUT2D eigenvalue weighted by Gasteiger charge is 2.39. The normalized spacial score (nSPS) is 32.4. The molecule has 0 aromatic carbocycles. The molecule has 0 saturated heterocycles. The van der Waals surface area contributed by atoms with Crippen molar-refractivity contribution in [3.8, 4) is 0 Å². The molecule has 1 aliphatic carbocycles. The molecule has 0 radical (unpaired) electrons. The Balaban J connectivity index is 2.02. The van der Waals surface area contributed by atoms with Crippen LogP contribution in [0.2, 0.25) is 0 Å². The molecule has 1 saturated carbocycles. The third kappa shape index (κ3) is 2.89. The lowest BCUT2D eigenvalue weighted by Crippen LogP contribution is -2.39. The number of carbonyl (C=O) groups excluding carboxylic acids is 1. The fourth-order valence-electron chi connectivity index (χ4n) is 2.42. The third-order valence-corrected chi connectivity index (χ3v) is 4.21. The highest BCUT2D eigenvalue weighted by molar-refractivity contribution is 9.09. The minimum Gasteiger partial charge on any atom is -0.497 e. The summed E-state index contributed by atoms with van der Waals surface area (Å²) in [5.74, 6) is -0.871. The number of Topliss-reactive ketones (excluding diaryl/α,β-unsaturated/α-hetero) is 1. The van der Waals surface area contributed by atoms with E-state index in [0.717, 1.165) is 19.3 Å². The van der Waals surface area contributed by atoms with Gasteiger partial charge in [0.15, 0.2) is 5.78 Å². The second kappa shape index (κ2) is 5.21. The predicted octanol–water partition coefficient (Wildman–Crippen LogP) is 2.27. The molecule has 94 valence electrons. The number of hydrogen-bond donors (Lipinski definition) is 1. The number of ether oxygens (including phenoxy) is 1. The number of carboxylic acid groups (broad SMARTS) is 1. The van der Waals surface area contributed by atoms with Crippen LogP contribution in [0.15, 0.2) is 11.8 Å². The molecule has 1 fully saturated rings. The molecule has 3 unspecified atom stereocenters. The Hall–Kier alpha value is -0.840. The van der Waals surface area contributed by atoms with Crippen LogP contribution in [0, 0.1) is 5.92 Å². The van der Waals surface area contributed by atoms with E-state index in [0.29, 0.717) is 10.4 Å². The number of carbonyl (C=O) groups is 2. The average molecular weight is 303 g/mol. The first-order valence-electron chi connectivity index (χ1n) is 5.82. The maximum atomic E-state index is 12.1. The predicted molar refractivity (Wildman–Crippen MR) is 64.9 cm³/mol. The van der Waals surface area contributed by atoms with Gasteiger partial charge in [-0.2, -0.15) is 0 Å². The molecular weight excluding hydrogens is 288 g/mol. The van der Waals surface area contributed by atoms with Gasteiger partial charge in [-0.3, -0.25) is 9.59 Å². The van der Waals surface area contributed by atoms with E-state index in [1.54, 1.807) is 0 Å². The molecule has 0 aromatic heterocycles. The standard InChI is InChI=1S/C12H15BrO4/c13-8-2-3-9-10(5-8)17-6-7(12(9)16)1-4-11(14)15/h6,8-10H,1-5H2,(H,14,15). The number of fused-ring (bicyclic) bond motifs is 1. The molecule has 5 heteroatoms. The molecule has 17 heavy (non-hydrogen) atoms. The first-order valence-corrected chi connectivity index (χ1v) is 6.74. The Morgan fingerprint density at radius 2 is 2.29 bits per heavy atom. The largest absolute Gasteiger partial charge is 0.497 e.